The van der Waals surface area contributed by atoms with Crippen molar-refractivity contribution in [2.45, 2.75) is 25.8 Å². The first-order chi connectivity index (χ1) is 8.93. The van der Waals surface area contributed by atoms with Crippen LogP contribution in [-0.4, -0.2) is 66.6 Å². The Balaban J connectivity index is 2.57. The second-order valence-corrected chi connectivity index (χ2v) is 5.00. The minimum absolute atomic E-state index is 0.0764. The molecule has 0 spiro atoms. The Morgan fingerprint density at radius 3 is 2.47 bits per heavy atom. The van der Waals surface area contributed by atoms with Gasteiger partial charge < -0.3 is 25.2 Å². The number of aliphatic hydroxyl groups excluding tert-OH is 1. The zero-order valence-corrected chi connectivity index (χ0v) is 11.4. The minimum Gasteiger partial charge on any atom is -0.481 e. The summed E-state index contributed by atoms with van der Waals surface area (Å²) in [6.45, 7) is 2.44. The molecule has 1 atom stereocenters. The lowest BCUT2D eigenvalue weighted by atomic mass is 9.80. The molecule has 7 nitrogen and oxygen atoms in total. The van der Waals surface area contributed by atoms with E-state index < -0.39 is 11.4 Å². The van der Waals surface area contributed by atoms with Crippen molar-refractivity contribution in [2.24, 2.45) is 5.41 Å². The molecule has 1 saturated heterocycles. The third-order valence-electron chi connectivity index (χ3n) is 3.73. The Labute approximate surface area is 112 Å². The normalized spacial score (nSPS) is 19.5. The fraction of sp³-hybridized carbons (Fsp3) is 0.833. The van der Waals surface area contributed by atoms with Crippen LogP contribution in [0.3, 0.4) is 0 Å². The predicted molar refractivity (Wildman–Crippen MR) is 67.8 cm³/mol. The van der Waals surface area contributed by atoms with Gasteiger partial charge in [-0.2, -0.15) is 0 Å². The van der Waals surface area contributed by atoms with Gasteiger partial charge in [0.05, 0.1) is 18.1 Å². The number of amides is 2. The molecule has 0 aromatic rings. The van der Waals surface area contributed by atoms with Crippen molar-refractivity contribution < 1.29 is 24.5 Å². The number of aliphatic hydroxyl groups is 1. The highest BCUT2D eigenvalue weighted by Crippen LogP contribution is 2.30. The van der Waals surface area contributed by atoms with Gasteiger partial charge in [-0.1, -0.05) is 0 Å². The van der Waals surface area contributed by atoms with E-state index in [1.54, 1.807) is 14.0 Å². The third-order valence-corrected chi connectivity index (χ3v) is 3.73. The maximum absolute atomic E-state index is 11.8. The van der Waals surface area contributed by atoms with Crippen LogP contribution in [0.4, 0.5) is 4.79 Å². The van der Waals surface area contributed by atoms with Gasteiger partial charge >= 0.3 is 12.0 Å². The SMILES string of the molecule is CC(CO)N(C)C(=O)NCC1(C(=O)O)CCOCC1. The van der Waals surface area contributed by atoms with E-state index in [9.17, 15) is 14.7 Å². The van der Waals surface area contributed by atoms with Crippen LogP contribution in [0, 0.1) is 5.41 Å². The largest absolute Gasteiger partial charge is 0.481 e. The maximum atomic E-state index is 11.8. The van der Waals surface area contributed by atoms with E-state index in [2.05, 4.69) is 5.32 Å². The van der Waals surface area contributed by atoms with Gasteiger partial charge in [0.1, 0.15) is 0 Å². The van der Waals surface area contributed by atoms with Gasteiger partial charge in [-0.3, -0.25) is 4.79 Å². The number of hydrogen-bond acceptors (Lipinski definition) is 4. The molecule has 2 amide bonds. The van der Waals surface area contributed by atoms with E-state index in [1.165, 1.54) is 4.90 Å². The number of carboxylic acid groups (broad SMARTS) is 1. The van der Waals surface area contributed by atoms with E-state index in [0.717, 1.165) is 0 Å². The van der Waals surface area contributed by atoms with Crippen LogP contribution < -0.4 is 5.32 Å². The number of likely N-dealkylation sites (N-methyl/N-ethyl adjacent to an activating group) is 1. The quantitative estimate of drug-likeness (QED) is 0.649. The van der Waals surface area contributed by atoms with Crippen LogP contribution >= 0.6 is 0 Å². The van der Waals surface area contributed by atoms with Crippen LogP contribution in [0.2, 0.25) is 0 Å². The van der Waals surface area contributed by atoms with E-state index >= 15 is 0 Å². The van der Waals surface area contributed by atoms with Crippen LogP contribution in [0.15, 0.2) is 0 Å². The molecule has 0 aromatic carbocycles. The first-order valence-electron chi connectivity index (χ1n) is 6.35. The Kier molecular flexibility index (Phi) is 5.56. The molecule has 7 heteroatoms. The molecule has 1 heterocycles. The number of ether oxygens (including phenoxy) is 1. The van der Waals surface area contributed by atoms with E-state index in [-0.39, 0.29) is 25.2 Å². The average Bonchev–Trinajstić information content (AvgIpc) is 2.43. The van der Waals surface area contributed by atoms with Crippen molar-refractivity contribution in [3.63, 3.8) is 0 Å². The van der Waals surface area contributed by atoms with Crippen LogP contribution in [0.5, 0.6) is 0 Å². The van der Waals surface area contributed by atoms with Gasteiger partial charge in [-0.25, -0.2) is 4.79 Å². The van der Waals surface area contributed by atoms with Gasteiger partial charge in [0.25, 0.3) is 0 Å². The zero-order valence-electron chi connectivity index (χ0n) is 11.4. The smallest absolute Gasteiger partial charge is 0.317 e. The van der Waals surface area contributed by atoms with E-state index in [0.29, 0.717) is 26.1 Å². The number of urea groups is 1. The topological polar surface area (TPSA) is 99.1 Å². The summed E-state index contributed by atoms with van der Waals surface area (Å²) in [6, 6.07) is -0.691. The van der Waals surface area contributed by atoms with Gasteiger partial charge in [0.15, 0.2) is 0 Å². The Morgan fingerprint density at radius 2 is 2.00 bits per heavy atom. The molecule has 0 aliphatic carbocycles. The molecule has 1 aliphatic rings. The molecule has 0 bridgehead atoms. The number of nitrogens with one attached hydrogen (secondary N) is 1. The molecule has 19 heavy (non-hydrogen) atoms. The van der Waals surface area contributed by atoms with Crippen molar-refractivity contribution in [3.05, 3.63) is 0 Å². The van der Waals surface area contributed by atoms with Crippen LogP contribution in [-0.2, 0) is 9.53 Å². The molecule has 0 saturated carbocycles. The molecule has 0 radical (unpaired) electrons. The number of nitrogens with zero attached hydrogens (tertiary/aromatic N) is 1. The lowest BCUT2D eigenvalue weighted by molar-refractivity contribution is -0.154. The highest BCUT2D eigenvalue weighted by molar-refractivity contribution is 5.78. The molecule has 3 N–H and O–H groups in total. The van der Waals surface area contributed by atoms with Crippen molar-refractivity contribution in [3.8, 4) is 0 Å². The monoisotopic (exact) mass is 274 g/mol. The number of carboxylic acids is 1. The van der Waals surface area contributed by atoms with Gasteiger partial charge in [-0.05, 0) is 19.8 Å². The summed E-state index contributed by atoms with van der Waals surface area (Å²) < 4.78 is 5.17. The Hall–Kier alpha value is -1.34. The molecule has 1 aliphatic heterocycles. The van der Waals surface area contributed by atoms with Gasteiger partial charge in [0, 0.05) is 26.8 Å². The molecule has 1 unspecified atom stereocenters. The molecule has 0 aromatic heterocycles. The highest BCUT2D eigenvalue weighted by Gasteiger charge is 2.40. The summed E-state index contributed by atoms with van der Waals surface area (Å²) in [5.41, 5.74) is -0.947. The number of aliphatic carboxylic acids is 1. The molecule has 1 rings (SSSR count). The Morgan fingerprint density at radius 1 is 1.42 bits per heavy atom. The summed E-state index contributed by atoms with van der Waals surface area (Å²) in [7, 11) is 1.56. The number of hydrogen-bond donors (Lipinski definition) is 3. The molecule has 110 valence electrons. The lowest BCUT2D eigenvalue weighted by Crippen LogP contribution is -2.51. The first kappa shape index (κ1) is 15.7. The maximum Gasteiger partial charge on any atom is 0.317 e. The number of carbonyl (C=O) groups excluding carboxylic acids is 1. The second kappa shape index (κ2) is 6.72. The Bertz CT molecular complexity index is 328. The van der Waals surface area contributed by atoms with Crippen LogP contribution in [0.25, 0.3) is 0 Å². The summed E-state index contributed by atoms with van der Waals surface area (Å²) in [4.78, 5) is 24.6. The fourth-order valence-corrected chi connectivity index (χ4v) is 1.92. The first-order valence-corrected chi connectivity index (χ1v) is 6.35. The summed E-state index contributed by atoms with van der Waals surface area (Å²) in [5.74, 6) is -0.908. The number of carbonyl (C=O) groups is 2. The standard InChI is InChI=1S/C12H22N2O5/c1-9(7-15)14(2)11(18)13-8-12(10(16)17)3-5-19-6-4-12/h9,15H,3-8H2,1-2H3,(H,13,18)(H,16,17). The van der Waals surface area contributed by atoms with E-state index in [1.807, 2.05) is 0 Å². The van der Waals surface area contributed by atoms with E-state index in [4.69, 9.17) is 9.84 Å². The van der Waals surface area contributed by atoms with Crippen LogP contribution in [0.1, 0.15) is 19.8 Å². The van der Waals surface area contributed by atoms with Crippen molar-refractivity contribution in [1.29, 1.82) is 0 Å². The second-order valence-electron chi connectivity index (χ2n) is 5.00. The average molecular weight is 274 g/mol. The third kappa shape index (κ3) is 3.81. The van der Waals surface area contributed by atoms with Crippen molar-refractivity contribution >= 4 is 12.0 Å². The molecular formula is C12H22N2O5. The minimum atomic E-state index is -0.947. The number of rotatable bonds is 5. The molecule has 1 fully saturated rings. The summed E-state index contributed by atoms with van der Waals surface area (Å²) in [5, 5.41) is 20.9. The molecular weight excluding hydrogens is 252 g/mol. The van der Waals surface area contributed by atoms with Crippen molar-refractivity contribution in [2.75, 3.05) is 33.4 Å². The summed E-state index contributed by atoms with van der Waals surface area (Å²) >= 11 is 0. The van der Waals surface area contributed by atoms with Gasteiger partial charge in [0.2, 0.25) is 0 Å². The highest BCUT2D eigenvalue weighted by atomic mass is 16.5. The predicted octanol–water partition coefficient (Wildman–Crippen LogP) is -0.110. The van der Waals surface area contributed by atoms with Crippen molar-refractivity contribution in [1.82, 2.24) is 10.2 Å². The zero-order chi connectivity index (χ0) is 14.5. The van der Waals surface area contributed by atoms with Gasteiger partial charge in [-0.15, -0.1) is 0 Å². The lowest BCUT2D eigenvalue weighted by Gasteiger charge is -2.34. The summed E-state index contributed by atoms with van der Waals surface area (Å²) in [6.07, 6.45) is 0.782. The fourth-order valence-electron chi connectivity index (χ4n) is 1.92.